The molecule has 3 rings (SSSR count). The monoisotopic (exact) mass is 293 g/mol. The SMILES string of the molecule is COC(=O)c1cc2c(s1)CN(C1CCCCCCC1)C2. The van der Waals surface area contributed by atoms with Crippen LogP contribution < -0.4 is 0 Å². The molecule has 1 aliphatic carbocycles. The molecule has 1 saturated carbocycles. The van der Waals surface area contributed by atoms with Gasteiger partial charge in [-0.05, 0) is 24.5 Å². The zero-order valence-electron chi connectivity index (χ0n) is 12.2. The zero-order valence-corrected chi connectivity index (χ0v) is 13.0. The van der Waals surface area contributed by atoms with Crippen LogP contribution in [0.2, 0.25) is 0 Å². The molecular formula is C16H23NO2S. The standard InChI is InChI=1S/C16H23NO2S/c1-19-16(18)14-9-12-10-17(11-15(12)20-14)13-7-5-3-2-4-6-8-13/h9,13H,2-8,10-11H2,1H3. The van der Waals surface area contributed by atoms with Crippen molar-refractivity contribution in [3.8, 4) is 0 Å². The second kappa shape index (κ2) is 6.27. The van der Waals surface area contributed by atoms with Gasteiger partial charge in [0.25, 0.3) is 0 Å². The number of thiophene rings is 1. The lowest BCUT2D eigenvalue weighted by molar-refractivity contribution is 0.0606. The van der Waals surface area contributed by atoms with E-state index in [0.29, 0.717) is 0 Å². The number of hydrogen-bond acceptors (Lipinski definition) is 4. The highest BCUT2D eigenvalue weighted by atomic mass is 32.1. The van der Waals surface area contributed by atoms with Gasteiger partial charge in [0.2, 0.25) is 0 Å². The fourth-order valence-corrected chi connectivity index (χ4v) is 4.57. The fraction of sp³-hybridized carbons (Fsp3) is 0.688. The molecule has 4 heteroatoms. The summed E-state index contributed by atoms with van der Waals surface area (Å²) in [4.78, 5) is 16.3. The molecule has 1 aromatic heterocycles. The Morgan fingerprint density at radius 3 is 2.55 bits per heavy atom. The minimum absolute atomic E-state index is 0.193. The maximum Gasteiger partial charge on any atom is 0.348 e. The van der Waals surface area contributed by atoms with Crippen molar-refractivity contribution in [3.63, 3.8) is 0 Å². The zero-order chi connectivity index (χ0) is 13.9. The Labute approximate surface area is 124 Å². The van der Waals surface area contributed by atoms with Crippen LogP contribution in [0.4, 0.5) is 0 Å². The number of esters is 1. The highest BCUT2D eigenvalue weighted by molar-refractivity contribution is 7.14. The topological polar surface area (TPSA) is 29.5 Å². The largest absolute Gasteiger partial charge is 0.465 e. The Kier molecular flexibility index (Phi) is 4.41. The van der Waals surface area contributed by atoms with Crippen molar-refractivity contribution in [2.24, 2.45) is 0 Å². The van der Waals surface area contributed by atoms with Crippen molar-refractivity contribution in [3.05, 3.63) is 21.4 Å². The van der Waals surface area contributed by atoms with Crippen molar-refractivity contribution < 1.29 is 9.53 Å². The van der Waals surface area contributed by atoms with Crippen molar-refractivity contribution >= 4 is 17.3 Å². The number of hydrogen-bond donors (Lipinski definition) is 0. The van der Waals surface area contributed by atoms with Gasteiger partial charge in [-0.15, -0.1) is 11.3 Å². The summed E-state index contributed by atoms with van der Waals surface area (Å²) in [6.45, 7) is 2.05. The first kappa shape index (κ1) is 14.1. The summed E-state index contributed by atoms with van der Waals surface area (Å²) in [5, 5.41) is 0. The number of fused-ring (bicyclic) bond motifs is 1. The van der Waals surface area contributed by atoms with Crippen LogP contribution in [-0.4, -0.2) is 24.0 Å². The van der Waals surface area contributed by atoms with Gasteiger partial charge in [0.05, 0.1) is 7.11 Å². The number of methoxy groups -OCH3 is 1. The highest BCUT2D eigenvalue weighted by Gasteiger charge is 2.28. The Morgan fingerprint density at radius 1 is 1.20 bits per heavy atom. The van der Waals surface area contributed by atoms with Gasteiger partial charge >= 0.3 is 5.97 Å². The fourth-order valence-electron chi connectivity index (χ4n) is 3.45. The lowest BCUT2D eigenvalue weighted by Crippen LogP contribution is -2.31. The van der Waals surface area contributed by atoms with E-state index < -0.39 is 0 Å². The number of carbonyl (C=O) groups excluding carboxylic acids is 1. The quantitative estimate of drug-likeness (QED) is 0.773. The molecule has 3 nitrogen and oxygen atoms in total. The van der Waals surface area contributed by atoms with Crippen LogP contribution in [0.1, 0.15) is 65.1 Å². The summed E-state index contributed by atoms with van der Waals surface area (Å²) >= 11 is 1.62. The van der Waals surface area contributed by atoms with Gasteiger partial charge in [0.15, 0.2) is 0 Å². The molecule has 0 N–H and O–H groups in total. The van der Waals surface area contributed by atoms with Crippen LogP contribution in [-0.2, 0) is 17.8 Å². The average Bonchev–Trinajstić information content (AvgIpc) is 2.95. The molecule has 0 atom stereocenters. The average molecular weight is 293 g/mol. The van der Waals surface area contributed by atoms with Crippen LogP contribution in [0.25, 0.3) is 0 Å². The molecule has 2 heterocycles. The Hall–Kier alpha value is -0.870. The number of nitrogens with zero attached hydrogens (tertiary/aromatic N) is 1. The Bertz CT molecular complexity index is 451. The first-order chi connectivity index (χ1) is 9.78. The van der Waals surface area contributed by atoms with E-state index in [4.69, 9.17) is 4.74 Å². The van der Waals surface area contributed by atoms with Gasteiger partial charge in [0, 0.05) is 24.0 Å². The maximum atomic E-state index is 11.6. The summed E-state index contributed by atoms with van der Waals surface area (Å²) in [6, 6.07) is 2.78. The molecule has 1 aromatic rings. The van der Waals surface area contributed by atoms with Crippen LogP contribution >= 0.6 is 11.3 Å². The normalized spacial score (nSPS) is 21.2. The van der Waals surface area contributed by atoms with Crippen LogP contribution in [0.15, 0.2) is 6.07 Å². The van der Waals surface area contributed by atoms with Crippen molar-refractivity contribution in [2.75, 3.05) is 7.11 Å². The summed E-state index contributed by atoms with van der Waals surface area (Å²) < 4.78 is 4.80. The molecule has 110 valence electrons. The van der Waals surface area contributed by atoms with Gasteiger partial charge in [-0.25, -0.2) is 4.79 Å². The third-order valence-electron chi connectivity index (χ3n) is 4.59. The van der Waals surface area contributed by atoms with Crippen molar-refractivity contribution in [1.82, 2.24) is 4.90 Å². The number of ether oxygens (including phenoxy) is 1. The second-order valence-electron chi connectivity index (χ2n) is 5.95. The Morgan fingerprint density at radius 2 is 1.90 bits per heavy atom. The predicted octanol–water partition coefficient (Wildman–Crippen LogP) is 3.96. The van der Waals surface area contributed by atoms with Crippen LogP contribution in [0, 0.1) is 0 Å². The molecule has 0 aromatic carbocycles. The molecule has 0 unspecified atom stereocenters. The van der Waals surface area contributed by atoms with Crippen LogP contribution in [0.3, 0.4) is 0 Å². The number of carbonyl (C=O) groups is 1. The lowest BCUT2D eigenvalue weighted by atomic mass is 9.96. The van der Waals surface area contributed by atoms with E-state index in [2.05, 4.69) is 4.90 Å². The summed E-state index contributed by atoms with van der Waals surface area (Å²) in [5.41, 5.74) is 1.34. The van der Waals surface area contributed by atoms with Gasteiger partial charge in [-0.2, -0.15) is 0 Å². The van der Waals surface area contributed by atoms with Crippen molar-refractivity contribution in [1.29, 1.82) is 0 Å². The molecule has 0 spiro atoms. The predicted molar refractivity (Wildman–Crippen MR) is 81.0 cm³/mol. The summed E-state index contributed by atoms with van der Waals surface area (Å²) in [7, 11) is 1.45. The van der Waals surface area contributed by atoms with E-state index in [9.17, 15) is 4.79 Å². The molecule has 2 aliphatic rings. The van der Waals surface area contributed by atoms with Crippen molar-refractivity contribution in [2.45, 2.75) is 64.1 Å². The molecule has 20 heavy (non-hydrogen) atoms. The molecule has 0 bridgehead atoms. The smallest absolute Gasteiger partial charge is 0.348 e. The second-order valence-corrected chi connectivity index (χ2v) is 7.09. The molecule has 1 aliphatic heterocycles. The van der Waals surface area contributed by atoms with E-state index in [-0.39, 0.29) is 5.97 Å². The minimum Gasteiger partial charge on any atom is -0.465 e. The third kappa shape index (κ3) is 2.91. The molecule has 0 radical (unpaired) electrons. The molecule has 0 amide bonds. The van der Waals surface area contributed by atoms with Gasteiger partial charge < -0.3 is 4.74 Å². The molecule has 1 fully saturated rings. The van der Waals surface area contributed by atoms with E-state index in [0.717, 1.165) is 24.0 Å². The van der Waals surface area contributed by atoms with Gasteiger partial charge in [0.1, 0.15) is 4.88 Å². The first-order valence-electron chi connectivity index (χ1n) is 7.72. The molecular weight excluding hydrogens is 270 g/mol. The van der Waals surface area contributed by atoms with Gasteiger partial charge in [-0.1, -0.05) is 32.1 Å². The van der Waals surface area contributed by atoms with E-state index in [1.165, 1.54) is 62.5 Å². The number of rotatable bonds is 2. The van der Waals surface area contributed by atoms with E-state index >= 15 is 0 Å². The maximum absolute atomic E-state index is 11.6. The Balaban J connectivity index is 1.64. The first-order valence-corrected chi connectivity index (χ1v) is 8.53. The minimum atomic E-state index is -0.193. The van der Waals surface area contributed by atoms with Crippen LogP contribution in [0.5, 0.6) is 0 Å². The summed E-state index contributed by atoms with van der Waals surface area (Å²) in [5.74, 6) is -0.193. The lowest BCUT2D eigenvalue weighted by Gasteiger charge is -2.29. The van der Waals surface area contributed by atoms with E-state index in [1.54, 1.807) is 11.3 Å². The summed E-state index contributed by atoms with van der Waals surface area (Å²) in [6.07, 6.45) is 9.67. The van der Waals surface area contributed by atoms with Gasteiger partial charge in [-0.3, -0.25) is 4.90 Å². The molecule has 0 saturated heterocycles. The highest BCUT2D eigenvalue weighted by Crippen LogP contribution is 2.35. The third-order valence-corrected chi connectivity index (χ3v) is 5.74. The van der Waals surface area contributed by atoms with E-state index in [1.807, 2.05) is 6.07 Å².